The number of rotatable bonds is 8. The molecule has 1 aromatic heterocycles. The van der Waals surface area contributed by atoms with Gasteiger partial charge >= 0.3 is 0 Å². The number of nitrogens with zero attached hydrogens (tertiary/aromatic N) is 3. The summed E-state index contributed by atoms with van der Waals surface area (Å²) in [6, 6.07) is 12.5. The third kappa shape index (κ3) is 4.72. The highest BCUT2D eigenvalue weighted by molar-refractivity contribution is 5.79. The van der Waals surface area contributed by atoms with Crippen LogP contribution in [0.3, 0.4) is 0 Å². The largest absolute Gasteiger partial charge is 0.364 e. The van der Waals surface area contributed by atoms with E-state index in [9.17, 15) is 9.59 Å². The zero-order valence-corrected chi connectivity index (χ0v) is 19.2. The summed E-state index contributed by atoms with van der Waals surface area (Å²) in [6.45, 7) is 2.10. The van der Waals surface area contributed by atoms with E-state index >= 15 is 0 Å². The molecule has 2 heterocycles. The molecular weight excluding hydrogens is 404 g/mol. The van der Waals surface area contributed by atoms with Gasteiger partial charge in [0.05, 0.1) is 12.1 Å². The minimum Gasteiger partial charge on any atom is -0.364 e. The van der Waals surface area contributed by atoms with Gasteiger partial charge in [-0.3, -0.25) is 14.5 Å². The van der Waals surface area contributed by atoms with Crippen molar-refractivity contribution in [2.75, 3.05) is 33.7 Å². The van der Waals surface area contributed by atoms with Crippen LogP contribution in [0.25, 0.3) is 0 Å². The molecule has 0 radical (unpaired) electrons. The van der Waals surface area contributed by atoms with Crippen molar-refractivity contribution in [2.45, 2.75) is 50.5 Å². The molecule has 1 N–H and O–H groups in total. The van der Waals surface area contributed by atoms with E-state index in [1.165, 1.54) is 11.8 Å². The molecule has 1 aromatic carbocycles. The van der Waals surface area contributed by atoms with Gasteiger partial charge in [0.2, 0.25) is 11.8 Å². The van der Waals surface area contributed by atoms with Crippen LogP contribution < -0.4 is 5.32 Å². The van der Waals surface area contributed by atoms with Crippen molar-refractivity contribution in [1.82, 2.24) is 20.3 Å². The van der Waals surface area contributed by atoms with Gasteiger partial charge in [0.1, 0.15) is 6.26 Å². The van der Waals surface area contributed by atoms with Gasteiger partial charge in [-0.1, -0.05) is 35.5 Å². The maximum Gasteiger partial charge on any atom is 0.226 e. The molecule has 7 heteroatoms. The molecule has 172 valence electrons. The summed E-state index contributed by atoms with van der Waals surface area (Å²) in [5.41, 5.74) is 2.15. The quantitative estimate of drug-likeness (QED) is 0.641. The van der Waals surface area contributed by atoms with E-state index in [4.69, 9.17) is 4.52 Å². The number of hydrogen-bond acceptors (Lipinski definition) is 5. The van der Waals surface area contributed by atoms with Crippen LogP contribution in [0.1, 0.15) is 49.8 Å². The Morgan fingerprint density at radius 2 is 1.91 bits per heavy atom. The molecule has 1 aliphatic heterocycles. The molecule has 2 amide bonds. The molecule has 0 unspecified atom stereocenters. The molecule has 0 atom stereocenters. The van der Waals surface area contributed by atoms with Gasteiger partial charge in [-0.05, 0) is 57.2 Å². The van der Waals surface area contributed by atoms with Gasteiger partial charge in [0.15, 0.2) is 0 Å². The van der Waals surface area contributed by atoms with E-state index in [1.807, 2.05) is 4.90 Å². The molecular formula is C25H34N4O3. The fraction of sp³-hybridized carbons (Fsp3) is 0.560. The van der Waals surface area contributed by atoms with Gasteiger partial charge in [0, 0.05) is 37.7 Å². The zero-order valence-electron chi connectivity index (χ0n) is 19.2. The number of carbonyl (C=O) groups is 2. The molecule has 1 aliphatic carbocycles. The van der Waals surface area contributed by atoms with Crippen molar-refractivity contribution in [3.8, 4) is 0 Å². The smallest absolute Gasteiger partial charge is 0.226 e. The van der Waals surface area contributed by atoms with Crippen LogP contribution in [0.15, 0.2) is 47.2 Å². The van der Waals surface area contributed by atoms with Gasteiger partial charge in [-0.25, -0.2) is 0 Å². The first-order chi connectivity index (χ1) is 15.4. The Hall–Kier alpha value is -2.67. The summed E-state index contributed by atoms with van der Waals surface area (Å²) in [5.74, 6) is 0.187. The first-order valence-electron chi connectivity index (χ1n) is 11.6. The Bertz CT molecular complexity index is 903. The second-order valence-electron chi connectivity index (χ2n) is 9.66. The van der Waals surface area contributed by atoms with Crippen molar-refractivity contribution < 1.29 is 14.1 Å². The standard InChI is InChI=1S/C25H34N4O3/c1-28(2)25(20-7-4-3-5-8-20)12-10-24(11-13-25)18-23(31)29(19-24)15-6-14-26-22(30)17-21-9-16-32-27-21/h3-5,7-9,16H,6,10-15,17-19H2,1-2H3,(H,26,30)/t24-,25-. The number of nitrogens with one attached hydrogen (secondary N) is 1. The van der Waals surface area contributed by atoms with Crippen molar-refractivity contribution in [2.24, 2.45) is 5.41 Å². The lowest BCUT2D eigenvalue weighted by Crippen LogP contribution is -2.47. The summed E-state index contributed by atoms with van der Waals surface area (Å²) >= 11 is 0. The molecule has 2 aromatic rings. The third-order valence-electron chi connectivity index (χ3n) is 7.47. The summed E-state index contributed by atoms with van der Waals surface area (Å²) in [4.78, 5) is 29.1. The number of aromatic nitrogens is 1. The maximum atomic E-state index is 12.8. The Kier molecular flexibility index (Phi) is 6.65. The van der Waals surface area contributed by atoms with Crippen LogP contribution in [0.4, 0.5) is 0 Å². The van der Waals surface area contributed by atoms with Crippen LogP contribution >= 0.6 is 0 Å². The van der Waals surface area contributed by atoms with Crippen LogP contribution in [-0.4, -0.2) is 60.5 Å². The van der Waals surface area contributed by atoms with E-state index in [0.717, 1.165) is 38.6 Å². The van der Waals surface area contributed by atoms with Crippen molar-refractivity contribution in [3.05, 3.63) is 53.9 Å². The average Bonchev–Trinajstić information content (AvgIpc) is 3.40. The Balaban J connectivity index is 1.27. The summed E-state index contributed by atoms with van der Waals surface area (Å²) < 4.78 is 4.75. The number of benzene rings is 1. The van der Waals surface area contributed by atoms with E-state index < -0.39 is 0 Å². The highest BCUT2D eigenvalue weighted by Gasteiger charge is 2.49. The fourth-order valence-corrected chi connectivity index (χ4v) is 5.51. The number of carbonyl (C=O) groups excluding carboxylic acids is 2. The highest BCUT2D eigenvalue weighted by Crippen LogP contribution is 2.52. The van der Waals surface area contributed by atoms with Crippen molar-refractivity contribution in [1.29, 1.82) is 0 Å². The normalized spacial score (nSPS) is 25.6. The lowest BCUT2D eigenvalue weighted by Gasteiger charge is -2.48. The molecule has 32 heavy (non-hydrogen) atoms. The molecule has 2 fully saturated rings. The zero-order chi connectivity index (χ0) is 22.6. The van der Waals surface area contributed by atoms with E-state index in [1.54, 1.807) is 6.07 Å². The lowest BCUT2D eigenvalue weighted by molar-refractivity contribution is -0.127. The van der Waals surface area contributed by atoms with Crippen LogP contribution in [0.2, 0.25) is 0 Å². The molecule has 4 rings (SSSR count). The van der Waals surface area contributed by atoms with Gasteiger partial charge in [0.25, 0.3) is 0 Å². The Labute approximate surface area is 190 Å². The van der Waals surface area contributed by atoms with Gasteiger partial charge in [-0.15, -0.1) is 0 Å². The lowest BCUT2D eigenvalue weighted by atomic mass is 9.64. The first kappa shape index (κ1) is 22.5. The average molecular weight is 439 g/mol. The predicted molar refractivity (Wildman–Crippen MR) is 122 cm³/mol. The minimum absolute atomic E-state index is 0.0527. The summed E-state index contributed by atoms with van der Waals surface area (Å²) in [5, 5.41) is 6.66. The molecule has 0 bridgehead atoms. The van der Waals surface area contributed by atoms with Gasteiger partial charge in [-0.2, -0.15) is 0 Å². The number of likely N-dealkylation sites (tertiary alicyclic amines) is 1. The SMILES string of the molecule is CN(C)[C@]1(c2ccccc2)CC[C@@]2(CC1)CC(=O)N(CCCNC(=O)Cc1ccon1)C2. The van der Waals surface area contributed by atoms with Crippen LogP contribution in [-0.2, 0) is 21.5 Å². The number of hydrogen-bond donors (Lipinski definition) is 1. The maximum absolute atomic E-state index is 12.8. The van der Waals surface area contributed by atoms with Gasteiger partial charge < -0.3 is 14.7 Å². The van der Waals surface area contributed by atoms with Crippen LogP contribution in [0, 0.1) is 5.41 Å². The van der Waals surface area contributed by atoms with Crippen molar-refractivity contribution >= 4 is 11.8 Å². The predicted octanol–water partition coefficient (Wildman–Crippen LogP) is 2.97. The summed E-state index contributed by atoms with van der Waals surface area (Å²) in [7, 11) is 4.35. The highest BCUT2D eigenvalue weighted by atomic mass is 16.5. The number of amides is 2. The Morgan fingerprint density at radius 3 is 2.56 bits per heavy atom. The van der Waals surface area contributed by atoms with E-state index in [-0.39, 0.29) is 29.2 Å². The Morgan fingerprint density at radius 1 is 1.16 bits per heavy atom. The molecule has 1 saturated carbocycles. The topological polar surface area (TPSA) is 78.7 Å². The monoisotopic (exact) mass is 438 g/mol. The molecule has 1 spiro atoms. The molecule has 1 saturated heterocycles. The van der Waals surface area contributed by atoms with Crippen LogP contribution in [0.5, 0.6) is 0 Å². The molecule has 2 aliphatic rings. The van der Waals surface area contributed by atoms with E-state index in [2.05, 4.69) is 59.8 Å². The third-order valence-corrected chi connectivity index (χ3v) is 7.47. The fourth-order valence-electron chi connectivity index (χ4n) is 5.51. The summed E-state index contributed by atoms with van der Waals surface area (Å²) in [6.07, 6.45) is 7.38. The second kappa shape index (κ2) is 9.45. The van der Waals surface area contributed by atoms with Crippen molar-refractivity contribution in [3.63, 3.8) is 0 Å². The van der Waals surface area contributed by atoms with E-state index in [0.29, 0.717) is 25.2 Å². The first-order valence-corrected chi connectivity index (χ1v) is 11.6. The molecule has 7 nitrogen and oxygen atoms in total. The minimum atomic E-state index is -0.0728. The second-order valence-corrected chi connectivity index (χ2v) is 9.66.